The lowest BCUT2D eigenvalue weighted by Crippen LogP contribution is -2.33. The van der Waals surface area contributed by atoms with E-state index in [1.165, 1.54) is 24.1 Å². The molecule has 1 aromatic carbocycles. The van der Waals surface area contributed by atoms with E-state index in [1.807, 2.05) is 0 Å². The van der Waals surface area contributed by atoms with Crippen LogP contribution in [0.15, 0.2) is 18.2 Å². The lowest BCUT2D eigenvalue weighted by atomic mass is 10.0. The molecule has 1 aromatic rings. The highest BCUT2D eigenvalue weighted by molar-refractivity contribution is 5.61. The summed E-state index contributed by atoms with van der Waals surface area (Å²) >= 11 is 0. The fourth-order valence-electron chi connectivity index (χ4n) is 3.36. The van der Waals surface area contributed by atoms with Crippen LogP contribution < -0.4 is 4.90 Å². The Bertz CT molecular complexity index is 585. The van der Waals surface area contributed by atoms with Crippen LogP contribution in [0.2, 0.25) is 0 Å². The van der Waals surface area contributed by atoms with Crippen molar-refractivity contribution < 1.29 is 4.74 Å². The van der Waals surface area contributed by atoms with Crippen LogP contribution in [0.25, 0.3) is 0 Å². The van der Waals surface area contributed by atoms with Gasteiger partial charge >= 0.3 is 0 Å². The summed E-state index contributed by atoms with van der Waals surface area (Å²) in [6.07, 6.45) is 2.44. The molecular weight excluding hydrogens is 272 g/mol. The molecule has 2 aliphatic heterocycles. The number of ether oxygens (including phenoxy) is 1. The van der Waals surface area contributed by atoms with E-state index in [4.69, 9.17) is 4.74 Å². The number of likely N-dealkylation sites (tertiary alicyclic amines) is 1. The summed E-state index contributed by atoms with van der Waals surface area (Å²) in [4.78, 5) is 4.78. The molecule has 0 amide bonds. The van der Waals surface area contributed by atoms with E-state index in [9.17, 15) is 0 Å². The summed E-state index contributed by atoms with van der Waals surface area (Å²) in [5, 5.41) is 0. The number of hydrogen-bond donors (Lipinski definition) is 0. The molecule has 3 nitrogen and oxygen atoms in total. The van der Waals surface area contributed by atoms with E-state index in [-0.39, 0.29) is 0 Å². The van der Waals surface area contributed by atoms with E-state index in [0.29, 0.717) is 18.7 Å². The third-order valence-electron chi connectivity index (χ3n) is 4.70. The number of benzene rings is 1. The molecule has 0 N–H and O–H groups in total. The van der Waals surface area contributed by atoms with Crippen molar-refractivity contribution in [1.82, 2.24) is 4.90 Å². The molecule has 0 aromatic heterocycles. The van der Waals surface area contributed by atoms with Gasteiger partial charge in [0, 0.05) is 29.4 Å². The lowest BCUT2D eigenvalue weighted by molar-refractivity contribution is 0.131. The summed E-state index contributed by atoms with van der Waals surface area (Å²) in [7, 11) is 2.17. The molecular formula is C19H26N2O. The minimum atomic E-state index is 0.406. The van der Waals surface area contributed by atoms with Crippen molar-refractivity contribution in [1.29, 1.82) is 0 Å². The average molecular weight is 298 g/mol. The Labute approximate surface area is 134 Å². The molecule has 2 heterocycles. The van der Waals surface area contributed by atoms with Gasteiger partial charge in [0.1, 0.15) is 0 Å². The van der Waals surface area contributed by atoms with Gasteiger partial charge in [-0.05, 0) is 52.4 Å². The van der Waals surface area contributed by atoms with Crippen LogP contribution in [0.3, 0.4) is 0 Å². The van der Waals surface area contributed by atoms with E-state index >= 15 is 0 Å². The summed E-state index contributed by atoms with van der Waals surface area (Å²) in [5.74, 6) is 6.90. The van der Waals surface area contributed by atoms with Gasteiger partial charge in [0.15, 0.2) is 0 Å². The topological polar surface area (TPSA) is 15.7 Å². The van der Waals surface area contributed by atoms with E-state index in [0.717, 1.165) is 25.3 Å². The van der Waals surface area contributed by atoms with Crippen LogP contribution >= 0.6 is 0 Å². The highest BCUT2D eigenvalue weighted by Gasteiger charge is 2.21. The van der Waals surface area contributed by atoms with E-state index in [2.05, 4.69) is 60.7 Å². The Morgan fingerprint density at radius 2 is 2.14 bits per heavy atom. The van der Waals surface area contributed by atoms with Crippen LogP contribution in [0.5, 0.6) is 0 Å². The second-order valence-corrected chi connectivity index (χ2v) is 6.55. The summed E-state index contributed by atoms with van der Waals surface area (Å²) in [6, 6.07) is 7.35. The Kier molecular flexibility index (Phi) is 4.71. The highest BCUT2D eigenvalue weighted by atomic mass is 16.5. The van der Waals surface area contributed by atoms with Crippen molar-refractivity contribution in [3.63, 3.8) is 0 Å². The molecule has 0 radical (unpaired) electrons. The van der Waals surface area contributed by atoms with Crippen molar-refractivity contribution in [2.24, 2.45) is 0 Å². The zero-order valence-electron chi connectivity index (χ0n) is 13.9. The van der Waals surface area contributed by atoms with Gasteiger partial charge in [-0.2, -0.15) is 0 Å². The van der Waals surface area contributed by atoms with E-state index < -0.39 is 0 Å². The summed E-state index contributed by atoms with van der Waals surface area (Å²) < 4.78 is 5.82. The fraction of sp³-hybridized carbons (Fsp3) is 0.579. The van der Waals surface area contributed by atoms with Crippen molar-refractivity contribution in [3.05, 3.63) is 29.3 Å². The maximum atomic E-state index is 5.82. The maximum absolute atomic E-state index is 5.82. The fourth-order valence-corrected chi connectivity index (χ4v) is 3.36. The number of hydrogen-bond acceptors (Lipinski definition) is 3. The molecule has 3 rings (SSSR count). The first-order valence-corrected chi connectivity index (χ1v) is 8.35. The van der Waals surface area contributed by atoms with Crippen molar-refractivity contribution in [2.75, 3.05) is 31.6 Å². The Balaban J connectivity index is 1.93. The first kappa shape index (κ1) is 15.4. The molecule has 0 saturated carbocycles. The molecule has 0 bridgehead atoms. The summed E-state index contributed by atoms with van der Waals surface area (Å²) in [5.41, 5.74) is 3.67. The van der Waals surface area contributed by atoms with Gasteiger partial charge in [0.25, 0.3) is 0 Å². The van der Waals surface area contributed by atoms with Gasteiger partial charge in [0.05, 0.1) is 19.3 Å². The van der Waals surface area contributed by atoms with Crippen LogP contribution in [-0.2, 0) is 11.3 Å². The quantitative estimate of drug-likeness (QED) is 0.742. The zero-order chi connectivity index (χ0) is 15.5. The minimum absolute atomic E-state index is 0.406. The molecule has 1 atom stereocenters. The zero-order valence-corrected chi connectivity index (χ0v) is 13.9. The molecule has 1 unspecified atom stereocenters. The van der Waals surface area contributed by atoms with Gasteiger partial charge in [-0.1, -0.05) is 17.9 Å². The molecule has 118 valence electrons. The Morgan fingerprint density at radius 1 is 1.27 bits per heavy atom. The van der Waals surface area contributed by atoms with Crippen LogP contribution in [-0.4, -0.2) is 43.7 Å². The molecule has 22 heavy (non-hydrogen) atoms. The monoisotopic (exact) mass is 298 g/mol. The van der Waals surface area contributed by atoms with Gasteiger partial charge in [-0.15, -0.1) is 0 Å². The van der Waals surface area contributed by atoms with E-state index in [1.54, 1.807) is 0 Å². The Morgan fingerprint density at radius 3 is 2.86 bits per heavy atom. The molecule has 2 aliphatic rings. The molecule has 1 fully saturated rings. The average Bonchev–Trinajstić information content (AvgIpc) is 2.78. The van der Waals surface area contributed by atoms with Crippen molar-refractivity contribution in [2.45, 2.75) is 45.4 Å². The van der Waals surface area contributed by atoms with Gasteiger partial charge in [-0.3, -0.25) is 4.90 Å². The standard InChI is InChI=1S/C19H26N2O/c1-15(2)21-12-13-22-14-18-16(6-4-8-19(18)21)9-10-17-7-5-11-20(17)3/h4,6,8,15,17H,5,7,11-14H2,1-3H3. The minimum Gasteiger partial charge on any atom is -0.375 e. The summed E-state index contributed by atoms with van der Waals surface area (Å²) in [6.45, 7) is 8.04. The largest absolute Gasteiger partial charge is 0.375 e. The predicted molar refractivity (Wildman–Crippen MR) is 91.1 cm³/mol. The van der Waals surface area contributed by atoms with Gasteiger partial charge in [0.2, 0.25) is 0 Å². The molecule has 0 aliphatic carbocycles. The second kappa shape index (κ2) is 6.73. The van der Waals surface area contributed by atoms with Gasteiger partial charge in [-0.25, -0.2) is 0 Å². The smallest absolute Gasteiger partial charge is 0.0750 e. The highest BCUT2D eigenvalue weighted by Crippen LogP contribution is 2.28. The second-order valence-electron chi connectivity index (χ2n) is 6.55. The Hall–Kier alpha value is -1.50. The normalized spacial score (nSPS) is 22.2. The third kappa shape index (κ3) is 3.14. The molecule has 0 spiro atoms. The SMILES string of the molecule is CC(C)N1CCOCc2c(C#CC3CCCN3C)cccc21. The van der Waals surface area contributed by atoms with Crippen molar-refractivity contribution in [3.8, 4) is 11.8 Å². The first-order chi connectivity index (χ1) is 10.7. The molecule has 1 saturated heterocycles. The number of nitrogens with zero attached hydrogens (tertiary/aromatic N) is 2. The lowest BCUT2D eigenvalue weighted by Gasteiger charge is -2.28. The number of fused-ring (bicyclic) bond motifs is 1. The molecule has 3 heteroatoms. The van der Waals surface area contributed by atoms with Gasteiger partial charge < -0.3 is 9.64 Å². The third-order valence-corrected chi connectivity index (χ3v) is 4.70. The van der Waals surface area contributed by atoms with Crippen LogP contribution in [0, 0.1) is 11.8 Å². The number of rotatable bonds is 1. The first-order valence-electron chi connectivity index (χ1n) is 8.35. The number of anilines is 1. The van der Waals surface area contributed by atoms with Crippen LogP contribution in [0.4, 0.5) is 5.69 Å². The van der Waals surface area contributed by atoms with Crippen molar-refractivity contribution >= 4 is 5.69 Å². The maximum Gasteiger partial charge on any atom is 0.0750 e. The van der Waals surface area contributed by atoms with Crippen LogP contribution in [0.1, 0.15) is 37.8 Å². The predicted octanol–water partition coefficient (Wildman–Crippen LogP) is 2.88.